The Morgan fingerprint density at radius 3 is 3.00 bits per heavy atom. The highest BCUT2D eigenvalue weighted by atomic mass is 32.1. The second-order valence-corrected chi connectivity index (χ2v) is 7.34. The molecule has 0 spiro atoms. The van der Waals surface area contributed by atoms with Crippen LogP contribution in [0.4, 0.5) is 0 Å². The number of unbranched alkanes of at least 4 members (excludes halogenated alkanes) is 1. The Morgan fingerprint density at radius 1 is 1.46 bits per heavy atom. The number of hydrogen-bond donors (Lipinski definition) is 3. The van der Waals surface area contributed by atoms with Crippen molar-refractivity contribution in [1.82, 2.24) is 25.7 Å². The van der Waals surface area contributed by atoms with E-state index < -0.39 is 0 Å². The summed E-state index contributed by atoms with van der Waals surface area (Å²) in [6.45, 7) is 3.69. The van der Waals surface area contributed by atoms with Gasteiger partial charge in [0.1, 0.15) is 5.69 Å². The highest BCUT2D eigenvalue weighted by molar-refractivity contribution is 7.08. The van der Waals surface area contributed by atoms with E-state index in [0.717, 1.165) is 30.6 Å². The van der Waals surface area contributed by atoms with Crippen molar-refractivity contribution < 1.29 is 9.59 Å². The number of likely N-dealkylation sites (N-methyl/N-ethyl adjacent to an activating group) is 1. The molecule has 0 radical (unpaired) electrons. The van der Waals surface area contributed by atoms with Crippen LogP contribution in [0.25, 0.3) is 11.3 Å². The molecule has 3 rings (SSSR count). The highest BCUT2D eigenvalue weighted by Gasteiger charge is 2.36. The third kappa shape index (κ3) is 4.13. The molecule has 2 atom stereocenters. The van der Waals surface area contributed by atoms with Crippen LogP contribution < -0.4 is 10.6 Å². The Balaban J connectivity index is 1.63. The van der Waals surface area contributed by atoms with Crippen LogP contribution in [-0.2, 0) is 4.79 Å². The number of nitrogens with zero attached hydrogens (tertiary/aromatic N) is 2. The molecule has 3 N–H and O–H groups in total. The van der Waals surface area contributed by atoms with Gasteiger partial charge in [0.15, 0.2) is 0 Å². The molecule has 1 fully saturated rings. The molecule has 2 aromatic heterocycles. The summed E-state index contributed by atoms with van der Waals surface area (Å²) in [5.74, 6) is -0.170. The summed E-state index contributed by atoms with van der Waals surface area (Å²) < 4.78 is 0. The maximum atomic E-state index is 12.6. The Hall–Kier alpha value is -2.19. The number of rotatable bonds is 7. The van der Waals surface area contributed by atoms with Gasteiger partial charge in [0.05, 0.1) is 11.7 Å². The normalized spacial score (nSPS) is 20.2. The Bertz CT molecular complexity index is 743. The molecule has 3 heterocycles. The van der Waals surface area contributed by atoms with Gasteiger partial charge in [0.25, 0.3) is 5.91 Å². The van der Waals surface area contributed by atoms with Crippen molar-refractivity contribution in [2.75, 3.05) is 20.1 Å². The number of aromatic amines is 1. The zero-order chi connectivity index (χ0) is 18.5. The van der Waals surface area contributed by atoms with Crippen molar-refractivity contribution >= 4 is 23.2 Å². The summed E-state index contributed by atoms with van der Waals surface area (Å²) in [6.07, 6.45) is 2.74. The number of carbonyl (C=O) groups is 2. The van der Waals surface area contributed by atoms with E-state index >= 15 is 0 Å². The molecule has 1 aliphatic heterocycles. The molecule has 2 unspecified atom stereocenters. The molecule has 0 aromatic carbocycles. The minimum atomic E-state index is -0.183. The number of thiophene rings is 1. The van der Waals surface area contributed by atoms with Gasteiger partial charge < -0.3 is 10.6 Å². The van der Waals surface area contributed by atoms with Crippen molar-refractivity contribution in [3.05, 3.63) is 28.6 Å². The quantitative estimate of drug-likeness (QED) is 0.689. The molecule has 8 heteroatoms. The molecule has 2 aromatic rings. The number of hydrogen-bond acceptors (Lipinski definition) is 5. The van der Waals surface area contributed by atoms with Crippen molar-refractivity contribution in [1.29, 1.82) is 0 Å². The summed E-state index contributed by atoms with van der Waals surface area (Å²) in [7, 11) is 1.66. The van der Waals surface area contributed by atoms with Crippen LogP contribution in [0.5, 0.6) is 0 Å². The van der Waals surface area contributed by atoms with Crippen molar-refractivity contribution in [3.63, 3.8) is 0 Å². The zero-order valence-corrected chi connectivity index (χ0v) is 15.9. The van der Waals surface area contributed by atoms with Crippen LogP contribution in [0.1, 0.15) is 36.7 Å². The number of amides is 2. The van der Waals surface area contributed by atoms with Crippen LogP contribution in [0.2, 0.25) is 0 Å². The summed E-state index contributed by atoms with van der Waals surface area (Å²) in [6, 6.07) is 3.51. The van der Waals surface area contributed by atoms with Gasteiger partial charge in [0, 0.05) is 30.6 Å². The molecule has 0 aliphatic carbocycles. The van der Waals surface area contributed by atoms with Crippen LogP contribution in [0.15, 0.2) is 22.9 Å². The maximum absolute atomic E-state index is 12.6. The minimum absolute atomic E-state index is 0.0131. The van der Waals surface area contributed by atoms with Gasteiger partial charge in [0.2, 0.25) is 5.91 Å². The van der Waals surface area contributed by atoms with Gasteiger partial charge in [-0.25, -0.2) is 0 Å². The number of likely N-dealkylation sites (tertiary alicyclic amines) is 1. The van der Waals surface area contributed by atoms with Crippen LogP contribution >= 0.6 is 11.3 Å². The fourth-order valence-electron chi connectivity index (χ4n) is 3.32. The SMILES string of the molecule is CCCCN1CC(NC(=O)c2cc(-c3ccsc3)n[nH]2)CC1C(=O)NC. The van der Waals surface area contributed by atoms with Crippen molar-refractivity contribution in [3.8, 4) is 11.3 Å². The minimum Gasteiger partial charge on any atom is -0.358 e. The lowest BCUT2D eigenvalue weighted by molar-refractivity contribution is -0.125. The number of carbonyl (C=O) groups excluding carboxylic acids is 2. The Labute approximate surface area is 157 Å². The average Bonchev–Trinajstić information content (AvgIpc) is 3.38. The smallest absolute Gasteiger partial charge is 0.269 e. The molecule has 1 aliphatic rings. The molecule has 140 valence electrons. The molecule has 1 saturated heterocycles. The molecular formula is C18H25N5O2S. The summed E-state index contributed by atoms with van der Waals surface area (Å²) in [5, 5.41) is 16.8. The first kappa shape index (κ1) is 18.6. The van der Waals surface area contributed by atoms with E-state index in [9.17, 15) is 9.59 Å². The van der Waals surface area contributed by atoms with E-state index in [1.54, 1.807) is 24.5 Å². The molecule has 2 amide bonds. The lowest BCUT2D eigenvalue weighted by Crippen LogP contribution is -2.42. The lowest BCUT2D eigenvalue weighted by Gasteiger charge is -2.22. The van der Waals surface area contributed by atoms with Crippen LogP contribution in [0, 0.1) is 0 Å². The van der Waals surface area contributed by atoms with Gasteiger partial charge >= 0.3 is 0 Å². The first-order valence-corrected chi connectivity index (χ1v) is 9.91. The van der Waals surface area contributed by atoms with Gasteiger partial charge in [-0.1, -0.05) is 13.3 Å². The molecule has 7 nitrogen and oxygen atoms in total. The van der Waals surface area contributed by atoms with Crippen LogP contribution in [0.3, 0.4) is 0 Å². The topological polar surface area (TPSA) is 90.1 Å². The van der Waals surface area contributed by atoms with E-state index in [1.807, 2.05) is 16.8 Å². The second kappa shape index (κ2) is 8.46. The summed E-state index contributed by atoms with van der Waals surface area (Å²) >= 11 is 1.59. The third-order valence-corrected chi connectivity index (χ3v) is 5.41. The van der Waals surface area contributed by atoms with E-state index in [4.69, 9.17) is 0 Å². The second-order valence-electron chi connectivity index (χ2n) is 6.56. The summed E-state index contributed by atoms with van der Waals surface area (Å²) in [4.78, 5) is 26.9. The van der Waals surface area contributed by atoms with E-state index in [-0.39, 0.29) is 23.9 Å². The standard InChI is InChI=1S/C18H25N5O2S/c1-3-4-6-23-10-13(8-16(23)18(25)19-2)20-17(24)15-9-14(21-22-15)12-5-7-26-11-12/h5,7,9,11,13,16H,3-4,6,8,10H2,1-2H3,(H,19,25)(H,20,24)(H,21,22). The van der Waals surface area contributed by atoms with Crippen molar-refractivity contribution in [2.45, 2.75) is 38.3 Å². The van der Waals surface area contributed by atoms with Gasteiger partial charge in [-0.15, -0.1) is 0 Å². The number of aromatic nitrogens is 2. The predicted octanol–water partition coefficient (Wildman–Crippen LogP) is 1.86. The fourth-order valence-corrected chi connectivity index (χ4v) is 3.96. The predicted molar refractivity (Wildman–Crippen MR) is 102 cm³/mol. The Kier molecular flexibility index (Phi) is 6.05. The van der Waals surface area contributed by atoms with E-state index in [1.165, 1.54) is 0 Å². The largest absolute Gasteiger partial charge is 0.358 e. The lowest BCUT2D eigenvalue weighted by atomic mass is 10.1. The molecule has 0 bridgehead atoms. The zero-order valence-electron chi connectivity index (χ0n) is 15.1. The number of H-pyrrole nitrogens is 1. The first-order chi connectivity index (χ1) is 12.6. The van der Waals surface area contributed by atoms with E-state index in [2.05, 4.69) is 32.7 Å². The summed E-state index contributed by atoms with van der Waals surface area (Å²) in [5.41, 5.74) is 2.20. The highest BCUT2D eigenvalue weighted by Crippen LogP contribution is 2.22. The van der Waals surface area contributed by atoms with Crippen LogP contribution in [-0.4, -0.2) is 59.1 Å². The Morgan fingerprint density at radius 2 is 2.31 bits per heavy atom. The maximum Gasteiger partial charge on any atom is 0.269 e. The van der Waals surface area contributed by atoms with Crippen molar-refractivity contribution in [2.24, 2.45) is 0 Å². The first-order valence-electron chi connectivity index (χ1n) is 8.96. The number of nitrogens with one attached hydrogen (secondary N) is 3. The van der Waals surface area contributed by atoms with Gasteiger partial charge in [-0.3, -0.25) is 19.6 Å². The monoisotopic (exact) mass is 375 g/mol. The third-order valence-electron chi connectivity index (χ3n) is 4.73. The fraction of sp³-hybridized carbons (Fsp3) is 0.500. The molecule has 26 heavy (non-hydrogen) atoms. The molecule has 0 saturated carbocycles. The van der Waals surface area contributed by atoms with Gasteiger partial charge in [-0.05, 0) is 36.9 Å². The van der Waals surface area contributed by atoms with E-state index in [0.29, 0.717) is 18.7 Å². The average molecular weight is 375 g/mol. The molecular weight excluding hydrogens is 350 g/mol. The van der Waals surface area contributed by atoms with Gasteiger partial charge in [-0.2, -0.15) is 16.4 Å².